The van der Waals surface area contributed by atoms with Crippen molar-refractivity contribution in [2.24, 2.45) is 0 Å². The Morgan fingerprint density at radius 1 is 1.28 bits per heavy atom. The highest BCUT2D eigenvalue weighted by Gasteiger charge is 2.20. The lowest BCUT2D eigenvalue weighted by Gasteiger charge is -2.31. The lowest BCUT2D eigenvalue weighted by atomic mass is 10.1. The zero-order chi connectivity index (χ0) is 22.5. The number of aromatic amines is 1. The Balaban J connectivity index is 1.49. The summed E-state index contributed by atoms with van der Waals surface area (Å²) < 4.78 is 18.0. The van der Waals surface area contributed by atoms with E-state index in [0.717, 1.165) is 38.0 Å². The van der Waals surface area contributed by atoms with Crippen molar-refractivity contribution >= 4 is 17.0 Å². The number of rotatable bonds is 9. The highest BCUT2D eigenvalue weighted by molar-refractivity contribution is 5.81. The molecule has 0 bridgehead atoms. The summed E-state index contributed by atoms with van der Waals surface area (Å²) in [7, 11) is 1.57. The number of methoxy groups -OCH3 is 1. The average molecular weight is 444 g/mol. The molecule has 0 amide bonds. The van der Waals surface area contributed by atoms with Crippen LogP contribution in [0.3, 0.4) is 0 Å². The molecule has 1 aliphatic heterocycles. The molecular weight excluding hydrogens is 414 g/mol. The largest absolute Gasteiger partial charge is 0.473 e. The number of likely N-dealkylation sites (tertiary alicyclic amines) is 1. The molecule has 3 N–H and O–H groups in total. The van der Waals surface area contributed by atoms with E-state index in [2.05, 4.69) is 31.8 Å². The summed E-state index contributed by atoms with van der Waals surface area (Å²) in [5.41, 5.74) is 7.23. The first-order valence-corrected chi connectivity index (χ1v) is 10.8. The topological polar surface area (TPSA) is 133 Å². The van der Waals surface area contributed by atoms with Crippen LogP contribution >= 0.6 is 0 Å². The van der Waals surface area contributed by atoms with Crippen molar-refractivity contribution in [3.63, 3.8) is 0 Å². The van der Waals surface area contributed by atoms with Gasteiger partial charge in [0.2, 0.25) is 5.88 Å². The number of nitrogens with one attached hydrogen (secondary N) is 1. The van der Waals surface area contributed by atoms with Gasteiger partial charge in [-0.2, -0.15) is 9.97 Å². The average Bonchev–Trinajstić information content (AvgIpc) is 3.11. The first kappa shape index (κ1) is 22.0. The van der Waals surface area contributed by atoms with Gasteiger partial charge >= 0.3 is 11.7 Å². The van der Waals surface area contributed by atoms with Gasteiger partial charge in [0.15, 0.2) is 11.5 Å². The van der Waals surface area contributed by atoms with Crippen LogP contribution in [0.4, 0.5) is 5.82 Å². The molecule has 4 heterocycles. The lowest BCUT2D eigenvalue weighted by molar-refractivity contribution is 0.0883. The number of nitrogens with two attached hydrogens (primary N) is 1. The number of likely N-dealkylation sites (N-methyl/N-ethyl adjacent to an activating group) is 1. The van der Waals surface area contributed by atoms with Crippen LogP contribution in [-0.2, 0) is 11.3 Å². The van der Waals surface area contributed by atoms with E-state index < -0.39 is 0 Å². The van der Waals surface area contributed by atoms with Crippen LogP contribution in [0.1, 0.15) is 25.3 Å². The summed E-state index contributed by atoms with van der Waals surface area (Å²) >= 11 is 0. The van der Waals surface area contributed by atoms with Crippen molar-refractivity contribution in [2.45, 2.75) is 32.4 Å². The smallest absolute Gasteiger partial charge is 0.328 e. The van der Waals surface area contributed by atoms with Gasteiger partial charge in [0.25, 0.3) is 0 Å². The van der Waals surface area contributed by atoms with Gasteiger partial charge in [0.05, 0.1) is 13.2 Å². The van der Waals surface area contributed by atoms with Gasteiger partial charge in [0.1, 0.15) is 18.2 Å². The van der Waals surface area contributed by atoms with Gasteiger partial charge in [-0.25, -0.2) is 9.78 Å². The second-order valence-electron chi connectivity index (χ2n) is 7.73. The van der Waals surface area contributed by atoms with Crippen molar-refractivity contribution in [1.29, 1.82) is 0 Å². The predicted molar refractivity (Wildman–Crippen MR) is 119 cm³/mol. The van der Waals surface area contributed by atoms with Crippen LogP contribution < -0.4 is 20.9 Å². The van der Waals surface area contributed by atoms with Crippen molar-refractivity contribution in [3.05, 3.63) is 34.4 Å². The van der Waals surface area contributed by atoms with Gasteiger partial charge in [0, 0.05) is 25.9 Å². The number of ether oxygens (including phenoxy) is 3. The third-order valence-corrected chi connectivity index (χ3v) is 5.48. The molecule has 32 heavy (non-hydrogen) atoms. The lowest BCUT2D eigenvalue weighted by Crippen LogP contribution is -2.40. The zero-order valence-corrected chi connectivity index (χ0v) is 18.4. The van der Waals surface area contributed by atoms with Crippen LogP contribution in [-0.4, -0.2) is 75.5 Å². The number of pyridine rings is 1. The Kier molecular flexibility index (Phi) is 6.86. The van der Waals surface area contributed by atoms with Gasteiger partial charge in [-0.3, -0.25) is 9.47 Å². The van der Waals surface area contributed by atoms with E-state index in [1.807, 2.05) is 12.1 Å². The number of imidazole rings is 1. The zero-order valence-electron chi connectivity index (χ0n) is 18.4. The minimum absolute atomic E-state index is 0.0928. The number of hydrogen-bond acceptors (Lipinski definition) is 9. The molecule has 1 unspecified atom stereocenters. The highest BCUT2D eigenvalue weighted by atomic mass is 16.5. The Hall–Kier alpha value is -3.18. The maximum Gasteiger partial charge on any atom is 0.328 e. The van der Waals surface area contributed by atoms with E-state index in [0.29, 0.717) is 23.7 Å². The fourth-order valence-corrected chi connectivity index (χ4v) is 3.78. The second-order valence-corrected chi connectivity index (χ2v) is 7.73. The normalized spacial score (nSPS) is 17.0. The van der Waals surface area contributed by atoms with E-state index in [-0.39, 0.29) is 36.8 Å². The minimum Gasteiger partial charge on any atom is -0.473 e. The molecule has 4 rings (SSSR count). The van der Waals surface area contributed by atoms with E-state index in [9.17, 15) is 4.79 Å². The van der Waals surface area contributed by atoms with Gasteiger partial charge in [-0.15, -0.1) is 0 Å². The fourth-order valence-electron chi connectivity index (χ4n) is 3.78. The van der Waals surface area contributed by atoms with E-state index >= 15 is 0 Å². The molecule has 0 spiro atoms. The number of anilines is 1. The molecule has 1 atom stereocenters. The van der Waals surface area contributed by atoms with E-state index in [4.69, 9.17) is 19.9 Å². The third kappa shape index (κ3) is 5.00. The molecule has 0 aromatic carbocycles. The number of fused-ring (bicyclic) bond motifs is 1. The molecule has 11 heteroatoms. The summed E-state index contributed by atoms with van der Waals surface area (Å²) in [5, 5.41) is 0. The Morgan fingerprint density at radius 3 is 2.91 bits per heavy atom. The molecule has 0 saturated carbocycles. The molecule has 0 aliphatic carbocycles. The number of aromatic nitrogens is 5. The molecule has 1 fully saturated rings. The second kappa shape index (κ2) is 9.96. The molecule has 11 nitrogen and oxygen atoms in total. The van der Waals surface area contributed by atoms with Gasteiger partial charge in [-0.05, 0) is 31.5 Å². The monoisotopic (exact) mass is 443 g/mol. The van der Waals surface area contributed by atoms with E-state index in [1.165, 1.54) is 4.57 Å². The van der Waals surface area contributed by atoms with Gasteiger partial charge < -0.3 is 24.9 Å². The Morgan fingerprint density at radius 2 is 2.16 bits per heavy atom. The van der Waals surface area contributed by atoms with Crippen molar-refractivity contribution < 1.29 is 14.2 Å². The Bertz CT molecular complexity index is 1100. The van der Waals surface area contributed by atoms with Crippen LogP contribution in [0, 0.1) is 0 Å². The highest BCUT2D eigenvalue weighted by Crippen LogP contribution is 2.20. The summed E-state index contributed by atoms with van der Waals surface area (Å²) in [4.78, 5) is 30.5. The Labute approximate surface area is 185 Å². The summed E-state index contributed by atoms with van der Waals surface area (Å²) in [6, 6.07) is 3.83. The van der Waals surface area contributed by atoms with Crippen molar-refractivity contribution in [1.82, 2.24) is 29.4 Å². The predicted octanol–water partition coefficient (Wildman–Crippen LogP) is 1.03. The first-order chi connectivity index (χ1) is 15.6. The summed E-state index contributed by atoms with van der Waals surface area (Å²) in [6.07, 6.45) is 4.01. The van der Waals surface area contributed by atoms with Crippen LogP contribution in [0.5, 0.6) is 11.9 Å². The SMILES string of the molecule is CCN1CCCC(Oc2ccc(Cn3c(=O)[nH]c4c(N)nc(OCCOC)nc43)cn2)C1. The first-order valence-electron chi connectivity index (χ1n) is 10.8. The van der Waals surface area contributed by atoms with E-state index in [1.54, 1.807) is 13.3 Å². The number of H-pyrrole nitrogens is 1. The van der Waals surface area contributed by atoms with Crippen LogP contribution in [0.15, 0.2) is 23.1 Å². The number of hydrogen-bond donors (Lipinski definition) is 2. The third-order valence-electron chi connectivity index (χ3n) is 5.48. The minimum atomic E-state index is -0.336. The number of nitrogens with zero attached hydrogens (tertiary/aromatic N) is 5. The standard InChI is InChI=1S/C21H29N7O4/c1-3-27-8-4-5-15(13-27)32-16-7-6-14(11-23-16)12-28-19-17(24-21(28)29)18(22)25-20(26-19)31-10-9-30-2/h6-7,11,15H,3-5,8-10,12-13H2,1-2H3,(H,24,29)(H2,22,25,26). The molecule has 172 valence electrons. The molecule has 3 aromatic heterocycles. The molecule has 1 aliphatic rings. The van der Waals surface area contributed by atoms with Crippen LogP contribution in [0.2, 0.25) is 0 Å². The van der Waals surface area contributed by atoms with Crippen molar-refractivity contribution in [3.8, 4) is 11.9 Å². The maximum atomic E-state index is 12.5. The molecule has 3 aromatic rings. The number of nitrogen functional groups attached to an aromatic ring is 1. The molecular formula is C21H29N7O4. The van der Waals surface area contributed by atoms with Crippen molar-refractivity contribution in [2.75, 3.05) is 45.7 Å². The summed E-state index contributed by atoms with van der Waals surface area (Å²) in [6.45, 7) is 6.16. The quantitative estimate of drug-likeness (QED) is 0.465. The fraction of sp³-hybridized carbons (Fsp3) is 0.524. The maximum absolute atomic E-state index is 12.5. The summed E-state index contributed by atoms with van der Waals surface area (Å²) in [5.74, 6) is 0.733. The molecule has 1 saturated heterocycles. The van der Waals surface area contributed by atoms with Gasteiger partial charge in [-0.1, -0.05) is 13.0 Å². The molecule has 0 radical (unpaired) electrons. The van der Waals surface area contributed by atoms with Crippen LogP contribution in [0.25, 0.3) is 11.2 Å². The number of piperidine rings is 1.